The fraction of sp³-hybridized carbons (Fsp3) is 0.455. The van der Waals surface area contributed by atoms with Crippen molar-refractivity contribution in [1.29, 1.82) is 5.26 Å². The predicted molar refractivity (Wildman–Crippen MR) is 64.4 cm³/mol. The van der Waals surface area contributed by atoms with Gasteiger partial charge in [-0.15, -0.1) is 11.3 Å². The maximum Gasteiger partial charge on any atom is 0.248 e. The number of amides is 1. The molecule has 2 heterocycles. The van der Waals surface area contributed by atoms with Crippen LogP contribution in [-0.2, 0) is 22.5 Å². The topological polar surface area (TPSA) is 79.3 Å². The molecule has 5 nitrogen and oxygen atoms in total. The van der Waals surface area contributed by atoms with E-state index in [-0.39, 0.29) is 12.5 Å². The van der Waals surface area contributed by atoms with Gasteiger partial charge in [0.1, 0.15) is 17.7 Å². The Morgan fingerprint density at radius 1 is 1.71 bits per heavy atom. The van der Waals surface area contributed by atoms with Crippen LogP contribution in [0.15, 0.2) is 0 Å². The minimum atomic E-state index is -0.0244. The fourth-order valence-electron chi connectivity index (χ4n) is 1.98. The van der Waals surface area contributed by atoms with Crippen LogP contribution in [-0.4, -0.2) is 31.1 Å². The van der Waals surface area contributed by atoms with Gasteiger partial charge in [-0.1, -0.05) is 0 Å². The second kappa shape index (κ2) is 4.73. The van der Waals surface area contributed by atoms with Crippen LogP contribution in [0.3, 0.4) is 0 Å². The highest BCUT2D eigenvalue weighted by Gasteiger charge is 2.25. The summed E-state index contributed by atoms with van der Waals surface area (Å²) in [5, 5.41) is 9.55. The fourth-order valence-corrected chi connectivity index (χ4v) is 3.06. The van der Waals surface area contributed by atoms with Gasteiger partial charge in [-0.25, -0.2) is 0 Å². The van der Waals surface area contributed by atoms with Crippen molar-refractivity contribution in [2.24, 2.45) is 0 Å². The Morgan fingerprint density at radius 2 is 2.47 bits per heavy atom. The molecule has 6 heteroatoms. The van der Waals surface area contributed by atoms with E-state index in [1.807, 2.05) is 0 Å². The molecule has 0 unspecified atom stereocenters. The Morgan fingerprint density at radius 3 is 3.12 bits per heavy atom. The van der Waals surface area contributed by atoms with Crippen LogP contribution in [0.4, 0.5) is 5.00 Å². The van der Waals surface area contributed by atoms with E-state index in [1.165, 1.54) is 18.4 Å². The summed E-state index contributed by atoms with van der Waals surface area (Å²) in [5.74, 6) is -0.0244. The lowest BCUT2D eigenvalue weighted by Crippen LogP contribution is -2.37. The molecule has 0 aliphatic carbocycles. The van der Waals surface area contributed by atoms with Gasteiger partial charge in [0, 0.05) is 18.5 Å². The maximum atomic E-state index is 11.7. The number of thiophene rings is 1. The number of carbonyl (C=O) groups excluding carboxylic acids is 1. The number of carbonyl (C=O) groups is 1. The van der Waals surface area contributed by atoms with E-state index in [2.05, 4.69) is 6.07 Å². The molecule has 1 amide bonds. The van der Waals surface area contributed by atoms with Crippen LogP contribution in [0.1, 0.15) is 16.0 Å². The predicted octanol–water partition coefficient (Wildman–Crippen LogP) is 0.733. The molecule has 0 bridgehead atoms. The molecule has 1 aliphatic heterocycles. The van der Waals surface area contributed by atoms with Gasteiger partial charge in [0.25, 0.3) is 0 Å². The first-order valence-corrected chi connectivity index (χ1v) is 6.05. The van der Waals surface area contributed by atoms with E-state index >= 15 is 0 Å². The third-order valence-electron chi connectivity index (χ3n) is 2.82. The van der Waals surface area contributed by atoms with Gasteiger partial charge in [0.2, 0.25) is 5.91 Å². The van der Waals surface area contributed by atoms with Crippen LogP contribution < -0.4 is 5.73 Å². The van der Waals surface area contributed by atoms with E-state index < -0.39 is 0 Å². The van der Waals surface area contributed by atoms with Crippen LogP contribution in [0.25, 0.3) is 0 Å². The van der Waals surface area contributed by atoms with Crippen molar-refractivity contribution >= 4 is 22.2 Å². The van der Waals surface area contributed by atoms with Crippen LogP contribution in [0.5, 0.6) is 0 Å². The first kappa shape index (κ1) is 11.9. The Labute approximate surface area is 103 Å². The average molecular weight is 251 g/mol. The number of hydrogen-bond acceptors (Lipinski definition) is 5. The number of nitrogens with two attached hydrogens (primary N) is 1. The second-order valence-corrected chi connectivity index (χ2v) is 4.99. The van der Waals surface area contributed by atoms with Crippen molar-refractivity contribution in [1.82, 2.24) is 4.90 Å². The molecular weight excluding hydrogens is 238 g/mol. The number of nitrogen functional groups attached to an aromatic ring is 1. The number of ether oxygens (including phenoxy) is 1. The van der Waals surface area contributed by atoms with Gasteiger partial charge < -0.3 is 15.4 Å². The van der Waals surface area contributed by atoms with Crippen LogP contribution in [0.2, 0.25) is 0 Å². The highest BCUT2D eigenvalue weighted by atomic mass is 32.1. The van der Waals surface area contributed by atoms with Crippen LogP contribution in [0, 0.1) is 11.3 Å². The van der Waals surface area contributed by atoms with Gasteiger partial charge in [-0.2, -0.15) is 5.26 Å². The van der Waals surface area contributed by atoms with E-state index in [4.69, 9.17) is 15.7 Å². The Hall–Kier alpha value is -1.58. The van der Waals surface area contributed by atoms with Gasteiger partial charge in [0.15, 0.2) is 0 Å². The lowest BCUT2D eigenvalue weighted by molar-refractivity contribution is -0.136. The number of methoxy groups -OCH3 is 1. The van der Waals surface area contributed by atoms with Crippen molar-refractivity contribution in [2.75, 3.05) is 26.0 Å². The molecule has 0 atom stereocenters. The number of rotatable bonds is 2. The standard InChI is InChI=1S/C11H13N3O2S/c1-16-6-10(15)14-3-2-7-8(4-12)11(13)17-9(7)5-14/h2-3,5-6,13H2,1H3. The number of anilines is 1. The highest BCUT2D eigenvalue weighted by molar-refractivity contribution is 7.16. The smallest absolute Gasteiger partial charge is 0.248 e. The normalized spacial score (nSPS) is 14.2. The summed E-state index contributed by atoms with van der Waals surface area (Å²) >= 11 is 1.40. The second-order valence-electron chi connectivity index (χ2n) is 3.85. The molecule has 2 N–H and O–H groups in total. The van der Waals surface area contributed by atoms with Gasteiger partial charge in [-0.3, -0.25) is 4.79 Å². The molecular formula is C11H13N3O2S. The zero-order valence-electron chi connectivity index (χ0n) is 9.52. The molecule has 1 aliphatic rings. The molecule has 0 radical (unpaired) electrons. The largest absolute Gasteiger partial charge is 0.389 e. The SMILES string of the molecule is COCC(=O)N1CCc2c(sc(N)c2C#N)C1. The summed E-state index contributed by atoms with van der Waals surface area (Å²) in [6, 6.07) is 2.13. The lowest BCUT2D eigenvalue weighted by Gasteiger charge is -2.26. The summed E-state index contributed by atoms with van der Waals surface area (Å²) in [6.07, 6.45) is 0.696. The third-order valence-corrected chi connectivity index (χ3v) is 3.86. The van der Waals surface area contributed by atoms with Crippen molar-refractivity contribution < 1.29 is 9.53 Å². The monoisotopic (exact) mass is 251 g/mol. The third kappa shape index (κ3) is 2.12. The van der Waals surface area contributed by atoms with Crippen molar-refractivity contribution in [3.8, 4) is 6.07 Å². The molecule has 1 aromatic heterocycles. The number of nitrogens with zero attached hydrogens (tertiary/aromatic N) is 2. The van der Waals surface area contributed by atoms with Crippen molar-refractivity contribution in [3.05, 3.63) is 16.0 Å². The summed E-state index contributed by atoms with van der Waals surface area (Å²) in [4.78, 5) is 14.4. The zero-order chi connectivity index (χ0) is 12.4. The molecule has 1 aromatic rings. The molecule has 0 saturated heterocycles. The first-order valence-electron chi connectivity index (χ1n) is 5.24. The van der Waals surface area contributed by atoms with E-state index in [0.29, 0.717) is 30.1 Å². The first-order chi connectivity index (χ1) is 8.17. The molecule has 0 saturated carbocycles. The molecule has 2 rings (SSSR count). The van der Waals surface area contributed by atoms with Gasteiger partial charge >= 0.3 is 0 Å². The quantitative estimate of drug-likeness (QED) is 0.840. The molecule has 90 valence electrons. The van der Waals surface area contributed by atoms with Gasteiger partial charge in [0.05, 0.1) is 12.1 Å². The summed E-state index contributed by atoms with van der Waals surface area (Å²) in [5.41, 5.74) is 7.38. The minimum absolute atomic E-state index is 0.0244. The van der Waals surface area contributed by atoms with E-state index in [0.717, 1.165) is 10.4 Å². The van der Waals surface area contributed by atoms with Gasteiger partial charge in [-0.05, 0) is 12.0 Å². The zero-order valence-corrected chi connectivity index (χ0v) is 10.3. The number of hydrogen-bond donors (Lipinski definition) is 1. The van der Waals surface area contributed by atoms with Crippen molar-refractivity contribution in [2.45, 2.75) is 13.0 Å². The Balaban J connectivity index is 2.21. The lowest BCUT2D eigenvalue weighted by atomic mass is 10.0. The maximum absolute atomic E-state index is 11.7. The number of fused-ring (bicyclic) bond motifs is 1. The Bertz CT molecular complexity index is 490. The van der Waals surface area contributed by atoms with E-state index in [1.54, 1.807) is 4.90 Å². The van der Waals surface area contributed by atoms with Crippen molar-refractivity contribution in [3.63, 3.8) is 0 Å². The number of nitriles is 1. The summed E-state index contributed by atoms with van der Waals surface area (Å²) < 4.78 is 4.83. The molecule has 0 aromatic carbocycles. The molecule has 17 heavy (non-hydrogen) atoms. The summed E-state index contributed by atoms with van der Waals surface area (Å²) in [7, 11) is 1.50. The van der Waals surface area contributed by atoms with Crippen LogP contribution >= 0.6 is 11.3 Å². The highest BCUT2D eigenvalue weighted by Crippen LogP contribution is 2.34. The molecule has 0 spiro atoms. The van der Waals surface area contributed by atoms with E-state index in [9.17, 15) is 4.79 Å². The summed E-state index contributed by atoms with van der Waals surface area (Å²) in [6.45, 7) is 1.26. The minimum Gasteiger partial charge on any atom is -0.389 e. The Kier molecular flexibility index (Phi) is 3.31. The molecule has 0 fully saturated rings. The average Bonchev–Trinajstić information content (AvgIpc) is 2.63.